The SMILES string of the molecule is CCc1ccc(C(CCOCC(F)F)NN)cc1. The standard InChI is InChI=1S/C13H20F2N2O/c1-2-10-3-5-11(6-4-10)12(17-16)7-8-18-9-13(14)15/h3-6,12-13,17H,2,7-9,16H2,1H3. The summed E-state index contributed by atoms with van der Waals surface area (Å²) in [4.78, 5) is 0. The van der Waals surface area contributed by atoms with E-state index in [0.29, 0.717) is 6.42 Å². The van der Waals surface area contributed by atoms with Crippen LogP contribution in [0.5, 0.6) is 0 Å². The van der Waals surface area contributed by atoms with Crippen LogP contribution in [0, 0.1) is 0 Å². The fourth-order valence-electron chi connectivity index (χ4n) is 1.71. The number of nitrogens with one attached hydrogen (secondary N) is 1. The number of alkyl halides is 2. The summed E-state index contributed by atoms with van der Waals surface area (Å²) >= 11 is 0. The van der Waals surface area contributed by atoms with Crippen molar-refractivity contribution in [2.75, 3.05) is 13.2 Å². The van der Waals surface area contributed by atoms with Crippen molar-refractivity contribution in [2.24, 2.45) is 5.84 Å². The fourth-order valence-corrected chi connectivity index (χ4v) is 1.71. The molecule has 18 heavy (non-hydrogen) atoms. The molecule has 0 aromatic heterocycles. The first kappa shape index (κ1) is 15.0. The molecule has 0 radical (unpaired) electrons. The number of halogens is 2. The molecule has 0 aliphatic rings. The van der Waals surface area contributed by atoms with E-state index in [0.717, 1.165) is 12.0 Å². The predicted octanol–water partition coefficient (Wildman–Crippen LogP) is 2.43. The number of hydrogen-bond donors (Lipinski definition) is 2. The molecule has 1 unspecified atom stereocenters. The lowest BCUT2D eigenvalue weighted by molar-refractivity contribution is 0.0143. The minimum Gasteiger partial charge on any atom is -0.375 e. The van der Waals surface area contributed by atoms with Gasteiger partial charge in [0.15, 0.2) is 0 Å². The summed E-state index contributed by atoms with van der Waals surface area (Å²) in [6.07, 6.45) is -0.870. The molecule has 0 bridgehead atoms. The van der Waals surface area contributed by atoms with Crippen molar-refractivity contribution in [3.05, 3.63) is 35.4 Å². The second-order valence-electron chi connectivity index (χ2n) is 4.07. The van der Waals surface area contributed by atoms with E-state index in [1.807, 2.05) is 24.3 Å². The van der Waals surface area contributed by atoms with Crippen molar-refractivity contribution in [2.45, 2.75) is 32.2 Å². The van der Waals surface area contributed by atoms with E-state index in [9.17, 15) is 8.78 Å². The first-order valence-electron chi connectivity index (χ1n) is 6.08. The average Bonchev–Trinajstić information content (AvgIpc) is 2.39. The molecule has 5 heteroatoms. The second-order valence-corrected chi connectivity index (χ2v) is 4.07. The normalized spacial score (nSPS) is 12.9. The van der Waals surface area contributed by atoms with Gasteiger partial charge in [-0.2, -0.15) is 0 Å². The van der Waals surface area contributed by atoms with Gasteiger partial charge in [-0.25, -0.2) is 8.78 Å². The maximum Gasteiger partial charge on any atom is 0.261 e. The van der Waals surface area contributed by atoms with Gasteiger partial charge >= 0.3 is 0 Å². The Labute approximate surface area is 106 Å². The highest BCUT2D eigenvalue weighted by molar-refractivity contribution is 5.24. The smallest absolute Gasteiger partial charge is 0.261 e. The van der Waals surface area contributed by atoms with Gasteiger partial charge in [0.05, 0.1) is 0 Å². The maximum atomic E-state index is 11.9. The first-order valence-corrected chi connectivity index (χ1v) is 6.08. The van der Waals surface area contributed by atoms with Gasteiger partial charge in [0.25, 0.3) is 6.43 Å². The van der Waals surface area contributed by atoms with Crippen LogP contribution in [-0.4, -0.2) is 19.6 Å². The Morgan fingerprint density at radius 2 is 1.94 bits per heavy atom. The largest absolute Gasteiger partial charge is 0.375 e. The molecule has 1 atom stereocenters. The molecule has 0 aliphatic heterocycles. The Morgan fingerprint density at radius 3 is 2.44 bits per heavy atom. The van der Waals surface area contributed by atoms with Gasteiger partial charge in [0, 0.05) is 12.6 Å². The molecule has 102 valence electrons. The van der Waals surface area contributed by atoms with Gasteiger partial charge in [-0.3, -0.25) is 11.3 Å². The molecule has 0 fully saturated rings. The number of rotatable bonds is 8. The van der Waals surface area contributed by atoms with Crippen molar-refractivity contribution in [3.8, 4) is 0 Å². The van der Waals surface area contributed by atoms with E-state index < -0.39 is 13.0 Å². The minimum atomic E-state index is -2.42. The highest BCUT2D eigenvalue weighted by atomic mass is 19.3. The Hall–Kier alpha value is -1.04. The highest BCUT2D eigenvalue weighted by Crippen LogP contribution is 2.17. The molecule has 0 spiro atoms. The van der Waals surface area contributed by atoms with E-state index in [1.54, 1.807) is 0 Å². The third-order valence-corrected chi connectivity index (χ3v) is 2.79. The molecule has 3 nitrogen and oxygen atoms in total. The van der Waals surface area contributed by atoms with Gasteiger partial charge in [-0.1, -0.05) is 31.2 Å². The molecule has 0 saturated carbocycles. The third kappa shape index (κ3) is 5.08. The number of hydrogen-bond acceptors (Lipinski definition) is 3. The Kier molecular flexibility index (Phi) is 6.78. The lowest BCUT2D eigenvalue weighted by Gasteiger charge is -2.16. The summed E-state index contributed by atoms with van der Waals surface area (Å²) in [6.45, 7) is 1.83. The third-order valence-electron chi connectivity index (χ3n) is 2.79. The van der Waals surface area contributed by atoms with Crippen LogP contribution >= 0.6 is 0 Å². The lowest BCUT2D eigenvalue weighted by atomic mass is 10.0. The molecule has 0 amide bonds. The zero-order chi connectivity index (χ0) is 13.4. The summed E-state index contributed by atoms with van der Waals surface area (Å²) in [6, 6.07) is 8.00. The predicted molar refractivity (Wildman–Crippen MR) is 67.3 cm³/mol. The van der Waals surface area contributed by atoms with E-state index in [1.165, 1.54) is 5.56 Å². The Morgan fingerprint density at radius 1 is 1.28 bits per heavy atom. The Balaban J connectivity index is 2.44. The summed E-state index contributed by atoms with van der Waals surface area (Å²) in [7, 11) is 0. The number of hydrazine groups is 1. The van der Waals surface area contributed by atoms with Crippen molar-refractivity contribution >= 4 is 0 Å². The summed E-state index contributed by atoms with van der Waals surface area (Å²) < 4.78 is 28.6. The minimum absolute atomic E-state index is 0.0754. The van der Waals surface area contributed by atoms with Crippen LogP contribution in [0.15, 0.2) is 24.3 Å². The van der Waals surface area contributed by atoms with Crippen LogP contribution in [0.2, 0.25) is 0 Å². The van der Waals surface area contributed by atoms with Gasteiger partial charge in [0.1, 0.15) is 6.61 Å². The van der Waals surface area contributed by atoms with Crippen LogP contribution in [0.3, 0.4) is 0 Å². The number of nitrogens with two attached hydrogens (primary N) is 1. The van der Waals surface area contributed by atoms with Crippen LogP contribution in [0.25, 0.3) is 0 Å². The fraction of sp³-hybridized carbons (Fsp3) is 0.538. The quantitative estimate of drug-likeness (QED) is 0.428. The molecule has 1 aromatic rings. The van der Waals surface area contributed by atoms with Crippen LogP contribution in [0.4, 0.5) is 8.78 Å². The summed E-state index contributed by atoms with van der Waals surface area (Å²) in [5, 5.41) is 0. The zero-order valence-electron chi connectivity index (χ0n) is 10.5. The number of aryl methyl sites for hydroxylation is 1. The molecule has 1 aromatic carbocycles. The molecule has 0 heterocycles. The second kappa shape index (κ2) is 8.13. The molecular weight excluding hydrogens is 238 g/mol. The summed E-state index contributed by atoms with van der Waals surface area (Å²) in [5.41, 5.74) is 4.97. The Bertz CT molecular complexity index is 330. The topological polar surface area (TPSA) is 47.3 Å². The maximum absolute atomic E-state index is 11.9. The van der Waals surface area contributed by atoms with Gasteiger partial charge in [0.2, 0.25) is 0 Å². The molecule has 3 N–H and O–H groups in total. The average molecular weight is 258 g/mol. The van der Waals surface area contributed by atoms with Crippen molar-refractivity contribution in [1.82, 2.24) is 5.43 Å². The molecule has 0 saturated heterocycles. The number of benzene rings is 1. The van der Waals surface area contributed by atoms with Gasteiger partial charge < -0.3 is 4.74 Å². The highest BCUT2D eigenvalue weighted by Gasteiger charge is 2.10. The van der Waals surface area contributed by atoms with Crippen molar-refractivity contribution in [1.29, 1.82) is 0 Å². The number of ether oxygens (including phenoxy) is 1. The van der Waals surface area contributed by atoms with E-state index in [-0.39, 0.29) is 12.6 Å². The van der Waals surface area contributed by atoms with Crippen molar-refractivity contribution in [3.63, 3.8) is 0 Å². The molecule has 1 rings (SSSR count). The van der Waals surface area contributed by atoms with Crippen molar-refractivity contribution < 1.29 is 13.5 Å². The van der Waals surface area contributed by atoms with E-state index >= 15 is 0 Å². The van der Waals surface area contributed by atoms with Crippen LogP contribution in [-0.2, 0) is 11.2 Å². The zero-order valence-corrected chi connectivity index (χ0v) is 10.5. The van der Waals surface area contributed by atoms with E-state index in [2.05, 4.69) is 12.3 Å². The van der Waals surface area contributed by atoms with Crippen LogP contribution in [0.1, 0.15) is 30.5 Å². The summed E-state index contributed by atoms with van der Waals surface area (Å²) in [5.74, 6) is 5.46. The first-order chi connectivity index (χ1) is 8.67. The lowest BCUT2D eigenvalue weighted by Crippen LogP contribution is -2.29. The molecular formula is C13H20F2N2O. The van der Waals surface area contributed by atoms with Crippen LogP contribution < -0.4 is 11.3 Å². The van der Waals surface area contributed by atoms with E-state index in [4.69, 9.17) is 10.6 Å². The van der Waals surface area contributed by atoms with Gasteiger partial charge in [-0.05, 0) is 24.0 Å². The molecule has 0 aliphatic carbocycles. The van der Waals surface area contributed by atoms with Gasteiger partial charge in [-0.15, -0.1) is 0 Å². The monoisotopic (exact) mass is 258 g/mol.